The summed E-state index contributed by atoms with van der Waals surface area (Å²) in [5, 5.41) is 11.5. The summed E-state index contributed by atoms with van der Waals surface area (Å²) in [6.07, 6.45) is 0.433. The van der Waals surface area contributed by atoms with E-state index in [9.17, 15) is 9.59 Å². The van der Waals surface area contributed by atoms with Crippen LogP contribution in [-0.4, -0.2) is 36.9 Å². The van der Waals surface area contributed by atoms with Gasteiger partial charge in [0, 0.05) is 13.6 Å². The Bertz CT molecular complexity index is 309. The van der Waals surface area contributed by atoms with E-state index in [1.165, 1.54) is 11.9 Å². The van der Waals surface area contributed by atoms with Gasteiger partial charge in [0.2, 0.25) is 11.8 Å². The molecule has 0 heterocycles. The van der Waals surface area contributed by atoms with Crippen LogP contribution in [0.4, 0.5) is 0 Å². The summed E-state index contributed by atoms with van der Waals surface area (Å²) in [5.74, 6) is -0.529. The smallest absolute Gasteiger partial charge is 0.242 e. The minimum atomic E-state index is -1.04. The fourth-order valence-electron chi connectivity index (χ4n) is 1.24. The SMILES string of the molecule is CCNC(=O)CN(C)C(=O)C(C)(C#N)CC. The van der Waals surface area contributed by atoms with Crippen LogP contribution in [-0.2, 0) is 9.59 Å². The Kier molecular flexibility index (Phi) is 5.51. The van der Waals surface area contributed by atoms with Gasteiger partial charge in [-0.3, -0.25) is 9.59 Å². The van der Waals surface area contributed by atoms with E-state index in [2.05, 4.69) is 5.32 Å². The molecule has 0 radical (unpaired) electrons. The molecule has 0 aromatic heterocycles. The second kappa shape index (κ2) is 6.11. The third kappa shape index (κ3) is 3.54. The van der Waals surface area contributed by atoms with E-state index in [0.717, 1.165) is 0 Å². The van der Waals surface area contributed by atoms with Crippen LogP contribution in [0.15, 0.2) is 0 Å². The number of rotatable bonds is 5. The molecule has 0 aliphatic heterocycles. The fraction of sp³-hybridized carbons (Fsp3) is 0.727. The molecule has 0 fully saturated rings. The number of nitrogens with zero attached hydrogens (tertiary/aromatic N) is 2. The maximum atomic E-state index is 11.9. The minimum Gasteiger partial charge on any atom is -0.355 e. The quantitative estimate of drug-likeness (QED) is 0.741. The molecule has 5 nitrogen and oxygen atoms in total. The Labute approximate surface area is 96.4 Å². The normalized spacial score (nSPS) is 13.4. The van der Waals surface area contributed by atoms with Gasteiger partial charge < -0.3 is 10.2 Å². The van der Waals surface area contributed by atoms with Crippen molar-refractivity contribution in [1.29, 1.82) is 5.26 Å². The number of likely N-dealkylation sites (N-methyl/N-ethyl adjacent to an activating group) is 2. The molecule has 16 heavy (non-hydrogen) atoms. The monoisotopic (exact) mass is 225 g/mol. The third-order valence-corrected chi connectivity index (χ3v) is 2.53. The van der Waals surface area contributed by atoms with E-state index in [4.69, 9.17) is 5.26 Å². The van der Waals surface area contributed by atoms with Crippen LogP contribution >= 0.6 is 0 Å². The lowest BCUT2D eigenvalue weighted by Crippen LogP contribution is -2.44. The fourth-order valence-corrected chi connectivity index (χ4v) is 1.24. The van der Waals surface area contributed by atoms with Crippen LogP contribution in [0.3, 0.4) is 0 Å². The zero-order chi connectivity index (χ0) is 12.8. The summed E-state index contributed by atoms with van der Waals surface area (Å²) in [6, 6.07) is 1.99. The van der Waals surface area contributed by atoms with Gasteiger partial charge >= 0.3 is 0 Å². The minimum absolute atomic E-state index is 0.00998. The highest BCUT2D eigenvalue weighted by Crippen LogP contribution is 2.22. The Hall–Kier alpha value is -1.57. The number of carbonyl (C=O) groups excluding carboxylic acids is 2. The lowest BCUT2D eigenvalue weighted by Gasteiger charge is -2.25. The maximum Gasteiger partial charge on any atom is 0.242 e. The number of carbonyl (C=O) groups is 2. The Balaban J connectivity index is 4.51. The molecule has 0 aliphatic rings. The van der Waals surface area contributed by atoms with E-state index >= 15 is 0 Å². The maximum absolute atomic E-state index is 11.9. The van der Waals surface area contributed by atoms with E-state index in [-0.39, 0.29) is 18.4 Å². The standard InChI is InChI=1S/C11H19N3O2/c1-5-11(3,8-12)10(16)14(4)7-9(15)13-6-2/h5-7H2,1-4H3,(H,13,15). The van der Waals surface area contributed by atoms with Gasteiger partial charge in [0.05, 0.1) is 12.6 Å². The van der Waals surface area contributed by atoms with E-state index < -0.39 is 5.41 Å². The molecular formula is C11H19N3O2. The molecule has 1 unspecified atom stereocenters. The number of amides is 2. The average molecular weight is 225 g/mol. The van der Waals surface area contributed by atoms with Gasteiger partial charge in [-0.15, -0.1) is 0 Å². The summed E-state index contributed by atoms with van der Waals surface area (Å²) in [4.78, 5) is 24.5. The summed E-state index contributed by atoms with van der Waals surface area (Å²) in [6.45, 7) is 5.70. The van der Waals surface area contributed by atoms with Gasteiger partial charge in [-0.2, -0.15) is 5.26 Å². The first-order chi connectivity index (χ1) is 7.41. The number of nitrogens with one attached hydrogen (secondary N) is 1. The average Bonchev–Trinajstić information content (AvgIpc) is 2.27. The first-order valence-electron chi connectivity index (χ1n) is 5.34. The molecule has 0 saturated carbocycles. The van der Waals surface area contributed by atoms with Gasteiger partial charge in [0.15, 0.2) is 0 Å². The topological polar surface area (TPSA) is 73.2 Å². The summed E-state index contributed by atoms with van der Waals surface area (Å²) in [5.41, 5.74) is -1.04. The predicted octanol–water partition coefficient (Wildman–Crippen LogP) is 0.521. The van der Waals surface area contributed by atoms with Crippen LogP contribution in [0.25, 0.3) is 0 Å². The van der Waals surface area contributed by atoms with Crippen molar-refractivity contribution < 1.29 is 9.59 Å². The predicted molar refractivity (Wildman–Crippen MR) is 60.3 cm³/mol. The Morgan fingerprint density at radius 3 is 2.38 bits per heavy atom. The molecule has 0 aromatic rings. The highest BCUT2D eigenvalue weighted by molar-refractivity contribution is 5.89. The zero-order valence-corrected chi connectivity index (χ0v) is 10.3. The van der Waals surface area contributed by atoms with E-state index in [1.54, 1.807) is 13.8 Å². The molecule has 0 saturated heterocycles. The summed E-state index contributed by atoms with van der Waals surface area (Å²) < 4.78 is 0. The van der Waals surface area contributed by atoms with Gasteiger partial charge in [-0.1, -0.05) is 6.92 Å². The second-order valence-corrected chi connectivity index (χ2v) is 3.91. The highest BCUT2D eigenvalue weighted by Gasteiger charge is 2.34. The van der Waals surface area contributed by atoms with Gasteiger partial charge in [0.25, 0.3) is 0 Å². The largest absolute Gasteiger partial charge is 0.355 e. The van der Waals surface area contributed by atoms with Gasteiger partial charge in [0.1, 0.15) is 5.41 Å². The van der Waals surface area contributed by atoms with Crippen molar-refractivity contribution in [1.82, 2.24) is 10.2 Å². The van der Waals surface area contributed by atoms with Crippen molar-refractivity contribution in [2.75, 3.05) is 20.1 Å². The molecule has 0 spiro atoms. The van der Waals surface area contributed by atoms with Crippen LogP contribution in [0.2, 0.25) is 0 Å². The lowest BCUT2D eigenvalue weighted by molar-refractivity contribution is -0.140. The molecular weight excluding hydrogens is 206 g/mol. The second-order valence-electron chi connectivity index (χ2n) is 3.91. The van der Waals surface area contributed by atoms with Crippen LogP contribution in [0, 0.1) is 16.7 Å². The number of hydrogen-bond acceptors (Lipinski definition) is 3. The molecule has 90 valence electrons. The first kappa shape index (κ1) is 14.4. The molecule has 1 N–H and O–H groups in total. The molecule has 0 aliphatic carbocycles. The van der Waals surface area contributed by atoms with Crippen LogP contribution in [0.1, 0.15) is 27.2 Å². The Morgan fingerprint density at radius 2 is 2.00 bits per heavy atom. The van der Waals surface area contributed by atoms with Crippen molar-refractivity contribution in [3.63, 3.8) is 0 Å². The van der Waals surface area contributed by atoms with Crippen molar-refractivity contribution in [2.24, 2.45) is 5.41 Å². The number of nitriles is 1. The first-order valence-corrected chi connectivity index (χ1v) is 5.34. The van der Waals surface area contributed by atoms with Crippen LogP contribution in [0.5, 0.6) is 0 Å². The molecule has 0 aromatic carbocycles. The molecule has 1 atom stereocenters. The Morgan fingerprint density at radius 1 is 1.44 bits per heavy atom. The van der Waals surface area contributed by atoms with Gasteiger partial charge in [-0.05, 0) is 20.3 Å². The lowest BCUT2D eigenvalue weighted by atomic mass is 9.88. The van der Waals surface area contributed by atoms with E-state index in [1.807, 2.05) is 13.0 Å². The number of hydrogen-bond donors (Lipinski definition) is 1. The van der Waals surface area contributed by atoms with Crippen molar-refractivity contribution >= 4 is 11.8 Å². The van der Waals surface area contributed by atoms with Crippen LogP contribution < -0.4 is 5.32 Å². The third-order valence-electron chi connectivity index (χ3n) is 2.53. The molecule has 5 heteroatoms. The molecule has 0 bridgehead atoms. The zero-order valence-electron chi connectivity index (χ0n) is 10.3. The molecule has 2 amide bonds. The van der Waals surface area contributed by atoms with Crippen molar-refractivity contribution in [3.05, 3.63) is 0 Å². The van der Waals surface area contributed by atoms with Crippen molar-refractivity contribution in [3.8, 4) is 6.07 Å². The van der Waals surface area contributed by atoms with E-state index in [0.29, 0.717) is 13.0 Å². The summed E-state index contributed by atoms with van der Waals surface area (Å²) >= 11 is 0. The highest BCUT2D eigenvalue weighted by atomic mass is 16.2. The molecule has 0 rings (SSSR count). The van der Waals surface area contributed by atoms with Crippen molar-refractivity contribution in [2.45, 2.75) is 27.2 Å². The van der Waals surface area contributed by atoms with Gasteiger partial charge in [-0.25, -0.2) is 0 Å². The summed E-state index contributed by atoms with van der Waals surface area (Å²) in [7, 11) is 1.53.